The second kappa shape index (κ2) is 5.87. The quantitative estimate of drug-likeness (QED) is 0.870. The van der Waals surface area contributed by atoms with Crippen LogP contribution in [0.15, 0.2) is 24.3 Å². The summed E-state index contributed by atoms with van der Waals surface area (Å²) in [6.45, 7) is 3.61. The number of carboxylic acids is 1. The summed E-state index contributed by atoms with van der Waals surface area (Å²) in [5, 5.41) is 8.89. The van der Waals surface area contributed by atoms with E-state index in [2.05, 4.69) is 0 Å². The van der Waals surface area contributed by atoms with Crippen molar-refractivity contribution in [2.45, 2.75) is 25.8 Å². The second-order valence-corrected chi connectivity index (χ2v) is 4.52. The first-order valence-corrected chi connectivity index (χ1v) is 6.39. The molecular formula is C14H19NO3. The molecule has 0 amide bonds. The maximum atomic E-state index is 10.8. The number of benzene rings is 1. The summed E-state index contributed by atoms with van der Waals surface area (Å²) in [6.07, 6.45) is 2.09. The average Bonchev–Trinajstić information content (AvgIpc) is 2.78. The number of rotatable bonds is 5. The Hall–Kier alpha value is -1.55. The molecule has 4 heteroatoms. The average molecular weight is 249 g/mol. The van der Waals surface area contributed by atoms with Crippen LogP contribution in [0.4, 0.5) is 0 Å². The molecule has 1 heterocycles. The Morgan fingerprint density at radius 1 is 1.44 bits per heavy atom. The van der Waals surface area contributed by atoms with Crippen molar-refractivity contribution in [1.82, 2.24) is 4.90 Å². The van der Waals surface area contributed by atoms with Crippen LogP contribution in [0.5, 0.6) is 5.75 Å². The molecule has 0 aromatic heterocycles. The van der Waals surface area contributed by atoms with Crippen LogP contribution >= 0.6 is 0 Å². The van der Waals surface area contributed by atoms with Crippen molar-refractivity contribution in [3.8, 4) is 5.75 Å². The monoisotopic (exact) mass is 249 g/mol. The van der Waals surface area contributed by atoms with Crippen LogP contribution < -0.4 is 4.74 Å². The predicted molar refractivity (Wildman–Crippen MR) is 68.8 cm³/mol. The highest BCUT2D eigenvalue weighted by molar-refractivity contribution is 5.69. The smallest absolute Gasteiger partial charge is 0.317 e. The van der Waals surface area contributed by atoms with Gasteiger partial charge in [0.25, 0.3) is 0 Å². The van der Waals surface area contributed by atoms with Crippen molar-refractivity contribution in [2.24, 2.45) is 0 Å². The van der Waals surface area contributed by atoms with E-state index in [0.717, 1.165) is 25.1 Å². The molecule has 4 nitrogen and oxygen atoms in total. The molecule has 1 aliphatic rings. The molecule has 0 aliphatic carbocycles. The van der Waals surface area contributed by atoms with Crippen molar-refractivity contribution in [3.63, 3.8) is 0 Å². The van der Waals surface area contributed by atoms with Crippen molar-refractivity contribution in [1.29, 1.82) is 0 Å². The summed E-state index contributed by atoms with van der Waals surface area (Å²) in [4.78, 5) is 12.8. The lowest BCUT2D eigenvalue weighted by Crippen LogP contribution is -2.29. The summed E-state index contributed by atoms with van der Waals surface area (Å²) in [7, 11) is 0. The van der Waals surface area contributed by atoms with Gasteiger partial charge in [-0.2, -0.15) is 0 Å². The third kappa shape index (κ3) is 3.01. The Bertz CT molecular complexity index is 402. The van der Waals surface area contributed by atoms with Gasteiger partial charge in [-0.1, -0.05) is 12.1 Å². The highest BCUT2D eigenvalue weighted by Crippen LogP contribution is 2.32. The summed E-state index contributed by atoms with van der Waals surface area (Å²) in [5.41, 5.74) is 1.18. The summed E-state index contributed by atoms with van der Waals surface area (Å²) in [6, 6.07) is 8.22. The molecule has 0 spiro atoms. The molecule has 1 aromatic rings. The van der Waals surface area contributed by atoms with Crippen LogP contribution in [0.25, 0.3) is 0 Å². The largest absolute Gasteiger partial charge is 0.494 e. The molecule has 0 bridgehead atoms. The first-order chi connectivity index (χ1) is 8.70. The lowest BCUT2D eigenvalue weighted by Gasteiger charge is -2.23. The molecule has 98 valence electrons. The number of nitrogens with zero attached hydrogens (tertiary/aromatic N) is 1. The number of aliphatic carboxylic acids is 1. The van der Waals surface area contributed by atoms with Gasteiger partial charge in [0.05, 0.1) is 13.2 Å². The number of carbonyl (C=O) groups is 1. The van der Waals surface area contributed by atoms with Crippen LogP contribution in [-0.4, -0.2) is 35.7 Å². The topological polar surface area (TPSA) is 49.8 Å². The first-order valence-electron chi connectivity index (χ1n) is 6.39. The molecule has 1 fully saturated rings. The van der Waals surface area contributed by atoms with Crippen molar-refractivity contribution >= 4 is 5.97 Å². The van der Waals surface area contributed by atoms with Gasteiger partial charge in [-0.15, -0.1) is 0 Å². The fourth-order valence-electron chi connectivity index (χ4n) is 2.52. The van der Waals surface area contributed by atoms with Gasteiger partial charge in [-0.05, 0) is 44.0 Å². The zero-order chi connectivity index (χ0) is 13.0. The standard InChI is InChI=1S/C14H19NO3/c1-2-18-12-7-5-11(6-8-12)13-4-3-9-15(13)10-14(16)17/h5-8,13H,2-4,9-10H2,1H3,(H,16,17)/t13-/m1/s1. The van der Waals surface area contributed by atoms with Crippen LogP contribution in [0, 0.1) is 0 Å². The van der Waals surface area contributed by atoms with Gasteiger partial charge in [-0.3, -0.25) is 9.69 Å². The minimum atomic E-state index is -0.757. The number of likely N-dealkylation sites (tertiary alicyclic amines) is 1. The third-order valence-corrected chi connectivity index (χ3v) is 3.28. The number of hydrogen-bond acceptors (Lipinski definition) is 3. The zero-order valence-corrected chi connectivity index (χ0v) is 10.6. The van der Waals surface area contributed by atoms with Crippen LogP contribution in [0.2, 0.25) is 0 Å². The fraction of sp³-hybridized carbons (Fsp3) is 0.500. The minimum Gasteiger partial charge on any atom is -0.494 e. The molecule has 0 radical (unpaired) electrons. The molecule has 1 N–H and O–H groups in total. The van der Waals surface area contributed by atoms with E-state index in [4.69, 9.17) is 9.84 Å². The van der Waals surface area contributed by atoms with E-state index in [1.165, 1.54) is 5.56 Å². The van der Waals surface area contributed by atoms with Crippen molar-refractivity contribution in [3.05, 3.63) is 29.8 Å². The Morgan fingerprint density at radius 3 is 2.78 bits per heavy atom. The van der Waals surface area contributed by atoms with E-state index in [9.17, 15) is 4.79 Å². The van der Waals surface area contributed by atoms with E-state index in [0.29, 0.717) is 6.61 Å². The van der Waals surface area contributed by atoms with Gasteiger partial charge in [0.1, 0.15) is 5.75 Å². The van der Waals surface area contributed by atoms with E-state index in [-0.39, 0.29) is 12.6 Å². The molecular weight excluding hydrogens is 230 g/mol. The molecule has 1 saturated heterocycles. The van der Waals surface area contributed by atoms with E-state index < -0.39 is 5.97 Å². The molecule has 1 aliphatic heterocycles. The zero-order valence-electron chi connectivity index (χ0n) is 10.6. The Balaban J connectivity index is 2.07. The fourth-order valence-corrected chi connectivity index (χ4v) is 2.52. The highest BCUT2D eigenvalue weighted by Gasteiger charge is 2.27. The van der Waals surface area contributed by atoms with Gasteiger partial charge in [0.2, 0.25) is 0 Å². The maximum absolute atomic E-state index is 10.8. The van der Waals surface area contributed by atoms with Crippen LogP contribution in [0.3, 0.4) is 0 Å². The number of ether oxygens (including phenoxy) is 1. The maximum Gasteiger partial charge on any atom is 0.317 e. The molecule has 2 rings (SSSR count). The molecule has 18 heavy (non-hydrogen) atoms. The Morgan fingerprint density at radius 2 is 2.17 bits per heavy atom. The lowest BCUT2D eigenvalue weighted by atomic mass is 10.0. The molecule has 0 saturated carbocycles. The number of hydrogen-bond donors (Lipinski definition) is 1. The van der Waals surface area contributed by atoms with E-state index in [1.807, 2.05) is 36.1 Å². The summed E-state index contributed by atoms with van der Waals surface area (Å²) >= 11 is 0. The summed E-state index contributed by atoms with van der Waals surface area (Å²) < 4.78 is 5.41. The van der Waals surface area contributed by atoms with Crippen molar-refractivity contribution < 1.29 is 14.6 Å². The van der Waals surface area contributed by atoms with Gasteiger partial charge in [0, 0.05) is 6.04 Å². The minimum absolute atomic E-state index is 0.123. The second-order valence-electron chi connectivity index (χ2n) is 4.52. The first kappa shape index (κ1) is 12.9. The van der Waals surface area contributed by atoms with Gasteiger partial charge in [-0.25, -0.2) is 0 Å². The third-order valence-electron chi connectivity index (χ3n) is 3.28. The van der Waals surface area contributed by atoms with Crippen LogP contribution in [0.1, 0.15) is 31.4 Å². The molecule has 1 aromatic carbocycles. The molecule has 0 unspecified atom stereocenters. The highest BCUT2D eigenvalue weighted by atomic mass is 16.5. The Labute approximate surface area is 107 Å². The SMILES string of the molecule is CCOc1ccc([C@H]2CCCN2CC(=O)O)cc1. The predicted octanol–water partition coefficient (Wildman–Crippen LogP) is 2.31. The van der Waals surface area contributed by atoms with Gasteiger partial charge >= 0.3 is 5.97 Å². The molecule has 1 atom stereocenters. The number of carboxylic acid groups (broad SMARTS) is 1. The Kier molecular flexibility index (Phi) is 4.20. The summed E-state index contributed by atoms with van der Waals surface area (Å²) in [5.74, 6) is 0.108. The van der Waals surface area contributed by atoms with E-state index >= 15 is 0 Å². The van der Waals surface area contributed by atoms with Crippen molar-refractivity contribution in [2.75, 3.05) is 19.7 Å². The normalized spacial score (nSPS) is 19.9. The van der Waals surface area contributed by atoms with Gasteiger partial charge in [0.15, 0.2) is 0 Å². The van der Waals surface area contributed by atoms with Gasteiger partial charge < -0.3 is 9.84 Å². The lowest BCUT2D eigenvalue weighted by molar-refractivity contribution is -0.138. The van der Waals surface area contributed by atoms with Crippen LogP contribution in [-0.2, 0) is 4.79 Å². The van der Waals surface area contributed by atoms with E-state index in [1.54, 1.807) is 0 Å².